The van der Waals surface area contributed by atoms with Crippen molar-refractivity contribution in [2.45, 2.75) is 32.5 Å². The number of aryl methyl sites for hydroxylation is 1. The number of hydrogen-bond acceptors (Lipinski definition) is 4. The van der Waals surface area contributed by atoms with Crippen LogP contribution in [0.5, 0.6) is 0 Å². The Bertz CT molecular complexity index is 810. The molecule has 1 fully saturated rings. The van der Waals surface area contributed by atoms with E-state index in [-0.39, 0.29) is 24.1 Å². The summed E-state index contributed by atoms with van der Waals surface area (Å²) in [6, 6.07) is 11.3. The Morgan fingerprint density at radius 2 is 2.07 bits per heavy atom. The van der Waals surface area contributed by atoms with Crippen molar-refractivity contribution in [3.8, 4) is 0 Å². The normalized spacial score (nSPS) is 17.4. The second-order valence-electron chi connectivity index (χ2n) is 6.65. The fourth-order valence-electron chi connectivity index (χ4n) is 3.13. The van der Waals surface area contributed by atoms with Crippen molar-refractivity contribution < 1.29 is 14.0 Å². The first-order valence-electron chi connectivity index (χ1n) is 8.97. The topological polar surface area (TPSA) is 74.3 Å². The molecule has 1 aliphatic heterocycles. The van der Waals surface area contributed by atoms with E-state index in [0.29, 0.717) is 26.2 Å². The number of hydrogen-bond donors (Lipinski definition) is 2. The predicted octanol–water partition coefficient (Wildman–Crippen LogP) is 1.54. The second kappa shape index (κ2) is 8.73. The average molecular weight is 370 g/mol. The number of rotatable bonds is 6. The highest BCUT2D eigenvalue weighted by Gasteiger charge is 2.31. The van der Waals surface area contributed by atoms with Crippen LogP contribution >= 0.6 is 0 Å². The van der Waals surface area contributed by atoms with Crippen LogP contribution in [0.4, 0.5) is 4.39 Å². The molecule has 7 heteroatoms. The molecule has 2 heterocycles. The van der Waals surface area contributed by atoms with Gasteiger partial charge in [-0.15, -0.1) is 0 Å². The third-order valence-electron chi connectivity index (χ3n) is 4.53. The van der Waals surface area contributed by atoms with Crippen molar-refractivity contribution in [2.75, 3.05) is 13.1 Å². The van der Waals surface area contributed by atoms with Crippen LogP contribution in [0.25, 0.3) is 0 Å². The molecule has 0 aliphatic carbocycles. The lowest BCUT2D eigenvalue weighted by molar-refractivity contribution is -0.134. The number of nitrogens with one attached hydrogen (secondary N) is 2. The molecular weight excluding hydrogens is 347 g/mol. The second-order valence-corrected chi connectivity index (χ2v) is 6.65. The van der Waals surface area contributed by atoms with E-state index < -0.39 is 6.04 Å². The van der Waals surface area contributed by atoms with Gasteiger partial charge in [-0.3, -0.25) is 19.5 Å². The lowest BCUT2D eigenvalue weighted by atomic mass is 10.1. The smallest absolute Gasteiger partial charge is 0.237 e. The SMILES string of the molecule is Cc1cccc(CNC(=O)CC2C(=O)NCCN2Cc2ccc(F)cc2)n1. The third kappa shape index (κ3) is 5.34. The lowest BCUT2D eigenvalue weighted by Crippen LogP contribution is -2.56. The van der Waals surface area contributed by atoms with Crippen LogP contribution in [0.3, 0.4) is 0 Å². The Balaban J connectivity index is 1.59. The first-order chi connectivity index (χ1) is 13.0. The fourth-order valence-corrected chi connectivity index (χ4v) is 3.13. The maximum absolute atomic E-state index is 13.1. The molecule has 1 saturated heterocycles. The van der Waals surface area contributed by atoms with Gasteiger partial charge in [0, 0.05) is 25.3 Å². The minimum absolute atomic E-state index is 0.0683. The highest BCUT2D eigenvalue weighted by atomic mass is 19.1. The molecule has 2 N–H and O–H groups in total. The Hall–Kier alpha value is -2.80. The lowest BCUT2D eigenvalue weighted by Gasteiger charge is -2.34. The van der Waals surface area contributed by atoms with Crippen LogP contribution in [-0.4, -0.2) is 40.8 Å². The summed E-state index contributed by atoms with van der Waals surface area (Å²) in [6.07, 6.45) is 0.0683. The molecule has 6 nitrogen and oxygen atoms in total. The van der Waals surface area contributed by atoms with Gasteiger partial charge in [0.25, 0.3) is 0 Å². The standard InChI is InChI=1S/C20H23FN4O2/c1-14-3-2-4-17(24-14)12-23-19(26)11-18-20(27)22-9-10-25(18)13-15-5-7-16(21)8-6-15/h2-8,18H,9-13H2,1H3,(H,22,27)(H,23,26). The molecule has 142 valence electrons. The van der Waals surface area contributed by atoms with Gasteiger partial charge in [-0.25, -0.2) is 4.39 Å². The molecule has 0 saturated carbocycles. The summed E-state index contributed by atoms with van der Waals surface area (Å²) in [5.74, 6) is -0.660. The molecule has 1 aromatic heterocycles. The number of amides is 2. The number of halogens is 1. The highest BCUT2D eigenvalue weighted by Crippen LogP contribution is 2.14. The van der Waals surface area contributed by atoms with Crippen molar-refractivity contribution in [3.63, 3.8) is 0 Å². The van der Waals surface area contributed by atoms with Crippen LogP contribution in [0.1, 0.15) is 23.4 Å². The zero-order valence-electron chi connectivity index (χ0n) is 15.2. The number of carbonyl (C=O) groups is 2. The predicted molar refractivity (Wildman–Crippen MR) is 99.0 cm³/mol. The van der Waals surface area contributed by atoms with E-state index in [4.69, 9.17) is 0 Å². The van der Waals surface area contributed by atoms with E-state index in [2.05, 4.69) is 15.6 Å². The maximum Gasteiger partial charge on any atom is 0.237 e. The summed E-state index contributed by atoms with van der Waals surface area (Å²) in [6.45, 7) is 3.88. The number of carbonyl (C=O) groups excluding carboxylic acids is 2. The van der Waals surface area contributed by atoms with Crippen LogP contribution in [-0.2, 0) is 22.7 Å². The minimum atomic E-state index is -0.547. The molecular formula is C20H23FN4O2. The van der Waals surface area contributed by atoms with E-state index in [0.717, 1.165) is 17.0 Å². The quantitative estimate of drug-likeness (QED) is 0.809. The van der Waals surface area contributed by atoms with Gasteiger partial charge in [0.15, 0.2) is 0 Å². The van der Waals surface area contributed by atoms with E-state index in [1.54, 1.807) is 12.1 Å². The van der Waals surface area contributed by atoms with Crippen molar-refractivity contribution in [3.05, 3.63) is 65.2 Å². The average Bonchev–Trinajstić information content (AvgIpc) is 2.65. The molecule has 1 aliphatic rings. The van der Waals surface area contributed by atoms with Crippen molar-refractivity contribution in [2.24, 2.45) is 0 Å². The molecule has 1 aromatic carbocycles. The van der Waals surface area contributed by atoms with Crippen LogP contribution in [0.2, 0.25) is 0 Å². The Morgan fingerprint density at radius 1 is 1.30 bits per heavy atom. The summed E-state index contributed by atoms with van der Waals surface area (Å²) in [7, 11) is 0. The molecule has 0 spiro atoms. The summed E-state index contributed by atoms with van der Waals surface area (Å²) in [5.41, 5.74) is 2.57. The summed E-state index contributed by atoms with van der Waals surface area (Å²) in [5, 5.41) is 5.64. The van der Waals surface area contributed by atoms with Crippen LogP contribution < -0.4 is 10.6 Å². The van der Waals surface area contributed by atoms with E-state index >= 15 is 0 Å². The van der Waals surface area contributed by atoms with E-state index in [1.807, 2.05) is 30.0 Å². The number of nitrogens with zero attached hydrogens (tertiary/aromatic N) is 2. The van der Waals surface area contributed by atoms with Gasteiger partial charge < -0.3 is 10.6 Å². The molecule has 27 heavy (non-hydrogen) atoms. The maximum atomic E-state index is 13.1. The fraction of sp³-hybridized carbons (Fsp3) is 0.350. The number of benzene rings is 1. The van der Waals surface area contributed by atoms with Crippen LogP contribution in [0, 0.1) is 12.7 Å². The van der Waals surface area contributed by atoms with Gasteiger partial charge >= 0.3 is 0 Å². The zero-order chi connectivity index (χ0) is 19.2. The number of aromatic nitrogens is 1. The van der Waals surface area contributed by atoms with Crippen LogP contribution in [0.15, 0.2) is 42.5 Å². The van der Waals surface area contributed by atoms with Gasteiger partial charge in [-0.1, -0.05) is 18.2 Å². The van der Waals surface area contributed by atoms with Crippen molar-refractivity contribution >= 4 is 11.8 Å². The highest BCUT2D eigenvalue weighted by molar-refractivity contribution is 5.88. The van der Waals surface area contributed by atoms with Gasteiger partial charge in [0.1, 0.15) is 5.82 Å². The monoisotopic (exact) mass is 370 g/mol. The minimum Gasteiger partial charge on any atom is -0.353 e. The Labute approximate surface area is 157 Å². The summed E-state index contributed by atoms with van der Waals surface area (Å²) < 4.78 is 13.1. The molecule has 1 atom stereocenters. The molecule has 1 unspecified atom stereocenters. The van der Waals surface area contributed by atoms with E-state index in [9.17, 15) is 14.0 Å². The molecule has 2 amide bonds. The summed E-state index contributed by atoms with van der Waals surface area (Å²) >= 11 is 0. The first kappa shape index (κ1) is 19.0. The van der Waals surface area contributed by atoms with Crippen molar-refractivity contribution in [1.29, 1.82) is 0 Å². The molecule has 0 radical (unpaired) electrons. The third-order valence-corrected chi connectivity index (χ3v) is 4.53. The molecule has 3 rings (SSSR count). The Kier molecular flexibility index (Phi) is 6.13. The van der Waals surface area contributed by atoms with Gasteiger partial charge in [-0.2, -0.15) is 0 Å². The molecule has 0 bridgehead atoms. The summed E-state index contributed by atoms with van der Waals surface area (Å²) in [4.78, 5) is 31.0. The Morgan fingerprint density at radius 3 is 2.81 bits per heavy atom. The first-order valence-corrected chi connectivity index (χ1v) is 8.97. The number of piperazine rings is 1. The van der Waals surface area contributed by atoms with Gasteiger partial charge in [0.05, 0.1) is 24.7 Å². The van der Waals surface area contributed by atoms with E-state index in [1.165, 1.54) is 12.1 Å². The largest absolute Gasteiger partial charge is 0.353 e. The van der Waals surface area contributed by atoms with Crippen molar-refractivity contribution in [1.82, 2.24) is 20.5 Å². The zero-order valence-corrected chi connectivity index (χ0v) is 15.2. The van der Waals surface area contributed by atoms with Gasteiger partial charge in [-0.05, 0) is 36.8 Å². The number of pyridine rings is 1. The molecule has 2 aromatic rings. The van der Waals surface area contributed by atoms with Gasteiger partial charge in [0.2, 0.25) is 11.8 Å².